The molecule has 0 saturated carbocycles. The summed E-state index contributed by atoms with van der Waals surface area (Å²) >= 11 is 0. The van der Waals surface area contributed by atoms with Crippen molar-refractivity contribution in [3.63, 3.8) is 0 Å². The van der Waals surface area contributed by atoms with E-state index in [2.05, 4.69) is 9.88 Å². The lowest BCUT2D eigenvalue weighted by Crippen LogP contribution is -2.34. The smallest absolute Gasteiger partial charge is 0.141 e. The summed E-state index contributed by atoms with van der Waals surface area (Å²) in [5, 5.41) is 9.22. The number of nitrogens with zero attached hydrogens (tertiary/aromatic N) is 2. The van der Waals surface area contributed by atoms with E-state index in [0.29, 0.717) is 0 Å². The molecule has 5 heteroatoms. The van der Waals surface area contributed by atoms with Crippen LogP contribution in [0.5, 0.6) is 0 Å². The third-order valence-electron chi connectivity index (χ3n) is 3.57. The predicted octanol–water partition coefficient (Wildman–Crippen LogP) is 1.07. The van der Waals surface area contributed by atoms with Gasteiger partial charge in [-0.05, 0) is 37.9 Å². The van der Waals surface area contributed by atoms with Crippen molar-refractivity contribution in [1.82, 2.24) is 9.88 Å². The summed E-state index contributed by atoms with van der Waals surface area (Å²) in [5.74, 6) is -0.342. The Labute approximate surface area is 107 Å². The van der Waals surface area contributed by atoms with Crippen molar-refractivity contribution in [3.8, 4) is 0 Å². The third-order valence-corrected chi connectivity index (χ3v) is 3.57. The van der Waals surface area contributed by atoms with Crippen LogP contribution in [0.2, 0.25) is 0 Å². The lowest BCUT2D eigenvalue weighted by atomic mass is 10.1. The van der Waals surface area contributed by atoms with Crippen molar-refractivity contribution in [3.05, 3.63) is 29.8 Å². The first-order chi connectivity index (χ1) is 8.70. The molecule has 0 amide bonds. The second-order valence-electron chi connectivity index (χ2n) is 4.81. The summed E-state index contributed by atoms with van der Waals surface area (Å²) in [5.41, 5.74) is 6.75. The van der Waals surface area contributed by atoms with Crippen LogP contribution in [-0.2, 0) is 0 Å². The van der Waals surface area contributed by atoms with Crippen LogP contribution in [0.15, 0.2) is 18.3 Å². The maximum Gasteiger partial charge on any atom is 0.141 e. The first-order valence-corrected chi connectivity index (χ1v) is 6.42. The van der Waals surface area contributed by atoms with E-state index in [1.54, 1.807) is 6.07 Å². The average Bonchev–Trinajstić information content (AvgIpc) is 2.84. The molecule has 0 spiro atoms. The van der Waals surface area contributed by atoms with E-state index >= 15 is 0 Å². The van der Waals surface area contributed by atoms with Crippen molar-refractivity contribution in [2.24, 2.45) is 5.73 Å². The van der Waals surface area contributed by atoms with Gasteiger partial charge in [0.25, 0.3) is 0 Å². The van der Waals surface area contributed by atoms with E-state index in [4.69, 9.17) is 5.73 Å². The van der Waals surface area contributed by atoms with Crippen LogP contribution in [0.25, 0.3) is 0 Å². The molecule has 100 valence electrons. The molecule has 1 fully saturated rings. The number of pyridine rings is 1. The summed E-state index contributed by atoms with van der Waals surface area (Å²) in [6.45, 7) is 2.09. The summed E-state index contributed by atoms with van der Waals surface area (Å²) in [6, 6.07) is 3.12. The van der Waals surface area contributed by atoms with Gasteiger partial charge in [0, 0.05) is 18.6 Å². The van der Waals surface area contributed by atoms with Gasteiger partial charge in [0.1, 0.15) is 5.82 Å². The molecule has 0 aromatic carbocycles. The zero-order valence-electron chi connectivity index (χ0n) is 10.4. The summed E-state index contributed by atoms with van der Waals surface area (Å²) in [7, 11) is 0. The minimum atomic E-state index is -0.342. The zero-order valence-corrected chi connectivity index (χ0v) is 10.4. The first-order valence-electron chi connectivity index (χ1n) is 6.42. The second-order valence-corrected chi connectivity index (χ2v) is 4.81. The minimum Gasteiger partial charge on any atom is -0.395 e. The SMILES string of the molecule is NC(CCN1CCCC1CO)c1ccc(F)cn1. The Bertz CT molecular complexity index is 371. The van der Waals surface area contributed by atoms with Crippen LogP contribution in [0.3, 0.4) is 0 Å². The second kappa shape index (κ2) is 6.22. The molecule has 2 heterocycles. The number of nitrogens with two attached hydrogens (primary N) is 1. The van der Waals surface area contributed by atoms with Gasteiger partial charge in [-0.2, -0.15) is 0 Å². The lowest BCUT2D eigenvalue weighted by molar-refractivity contribution is 0.155. The highest BCUT2D eigenvalue weighted by Crippen LogP contribution is 2.19. The number of rotatable bonds is 5. The Kier molecular flexibility index (Phi) is 4.63. The quantitative estimate of drug-likeness (QED) is 0.824. The number of hydrogen-bond donors (Lipinski definition) is 2. The van der Waals surface area contributed by atoms with Crippen LogP contribution in [-0.4, -0.2) is 40.7 Å². The molecular weight excluding hydrogens is 233 g/mol. The van der Waals surface area contributed by atoms with Gasteiger partial charge in [-0.15, -0.1) is 0 Å². The number of aliphatic hydroxyl groups excluding tert-OH is 1. The summed E-state index contributed by atoms with van der Waals surface area (Å²) in [4.78, 5) is 6.26. The molecule has 4 nitrogen and oxygen atoms in total. The highest BCUT2D eigenvalue weighted by molar-refractivity contribution is 5.09. The van der Waals surface area contributed by atoms with Crippen molar-refractivity contribution in [2.45, 2.75) is 31.3 Å². The van der Waals surface area contributed by atoms with Crippen LogP contribution in [0, 0.1) is 5.82 Å². The number of aliphatic hydroxyl groups is 1. The largest absolute Gasteiger partial charge is 0.395 e. The Morgan fingerprint density at radius 1 is 1.56 bits per heavy atom. The van der Waals surface area contributed by atoms with Crippen molar-refractivity contribution in [2.75, 3.05) is 19.7 Å². The maximum atomic E-state index is 12.7. The molecule has 1 saturated heterocycles. The van der Waals surface area contributed by atoms with Gasteiger partial charge in [0.2, 0.25) is 0 Å². The van der Waals surface area contributed by atoms with Gasteiger partial charge in [0.15, 0.2) is 0 Å². The van der Waals surface area contributed by atoms with E-state index in [9.17, 15) is 9.50 Å². The molecule has 2 atom stereocenters. The van der Waals surface area contributed by atoms with Gasteiger partial charge in [-0.1, -0.05) is 0 Å². The minimum absolute atomic E-state index is 0.175. The Morgan fingerprint density at radius 2 is 2.39 bits per heavy atom. The Hall–Kier alpha value is -1.04. The van der Waals surface area contributed by atoms with Crippen LogP contribution >= 0.6 is 0 Å². The molecule has 1 aliphatic rings. The van der Waals surface area contributed by atoms with E-state index in [0.717, 1.165) is 38.0 Å². The molecule has 1 aliphatic heterocycles. The predicted molar refractivity (Wildman–Crippen MR) is 67.4 cm³/mol. The Balaban J connectivity index is 1.84. The normalized spacial score (nSPS) is 22.3. The molecule has 2 unspecified atom stereocenters. The first kappa shape index (κ1) is 13.4. The fourth-order valence-electron chi connectivity index (χ4n) is 2.46. The van der Waals surface area contributed by atoms with E-state index in [-0.39, 0.29) is 24.5 Å². The van der Waals surface area contributed by atoms with Crippen LogP contribution < -0.4 is 5.73 Å². The number of hydrogen-bond acceptors (Lipinski definition) is 4. The molecule has 2 rings (SSSR count). The van der Waals surface area contributed by atoms with Crippen molar-refractivity contribution < 1.29 is 9.50 Å². The standard InChI is InChI=1S/C13H20FN3O/c14-10-3-4-13(16-8-10)12(15)5-7-17-6-1-2-11(17)9-18/h3-4,8,11-12,18H,1-2,5-7,9,15H2. The Morgan fingerprint density at radius 3 is 3.06 bits per heavy atom. The maximum absolute atomic E-state index is 12.7. The summed E-state index contributed by atoms with van der Waals surface area (Å²) in [6.07, 6.45) is 4.16. The fraction of sp³-hybridized carbons (Fsp3) is 0.615. The number of likely N-dealkylation sites (tertiary alicyclic amines) is 1. The molecule has 1 aromatic heterocycles. The van der Waals surface area contributed by atoms with E-state index in [1.807, 2.05) is 0 Å². The van der Waals surface area contributed by atoms with Crippen LogP contribution in [0.1, 0.15) is 31.0 Å². The highest BCUT2D eigenvalue weighted by Gasteiger charge is 2.23. The average molecular weight is 253 g/mol. The van der Waals surface area contributed by atoms with Crippen LogP contribution in [0.4, 0.5) is 4.39 Å². The number of halogens is 1. The van der Waals surface area contributed by atoms with Gasteiger partial charge in [0.05, 0.1) is 18.5 Å². The fourth-order valence-corrected chi connectivity index (χ4v) is 2.46. The molecule has 3 N–H and O–H groups in total. The lowest BCUT2D eigenvalue weighted by Gasteiger charge is -2.24. The van der Waals surface area contributed by atoms with Crippen molar-refractivity contribution >= 4 is 0 Å². The van der Waals surface area contributed by atoms with Crippen molar-refractivity contribution in [1.29, 1.82) is 0 Å². The topological polar surface area (TPSA) is 62.4 Å². The molecule has 0 radical (unpaired) electrons. The molecule has 18 heavy (non-hydrogen) atoms. The molecular formula is C13H20FN3O. The monoisotopic (exact) mass is 253 g/mol. The highest BCUT2D eigenvalue weighted by atomic mass is 19.1. The van der Waals surface area contributed by atoms with Gasteiger partial charge in [-0.3, -0.25) is 9.88 Å². The molecule has 0 bridgehead atoms. The van der Waals surface area contributed by atoms with Gasteiger partial charge < -0.3 is 10.8 Å². The molecule has 0 aliphatic carbocycles. The van der Waals surface area contributed by atoms with E-state index in [1.165, 1.54) is 12.3 Å². The summed E-state index contributed by atoms with van der Waals surface area (Å²) < 4.78 is 12.7. The van der Waals surface area contributed by atoms with E-state index < -0.39 is 0 Å². The number of aromatic nitrogens is 1. The molecule has 1 aromatic rings. The van der Waals surface area contributed by atoms with Gasteiger partial charge >= 0.3 is 0 Å². The third kappa shape index (κ3) is 3.25. The zero-order chi connectivity index (χ0) is 13.0. The van der Waals surface area contributed by atoms with Gasteiger partial charge in [-0.25, -0.2) is 4.39 Å².